The van der Waals surface area contributed by atoms with Gasteiger partial charge < -0.3 is 18.6 Å². The summed E-state index contributed by atoms with van der Waals surface area (Å²) in [6, 6.07) is 87.0. The van der Waals surface area contributed by atoms with Crippen molar-refractivity contribution in [3.8, 4) is 11.1 Å². The summed E-state index contributed by atoms with van der Waals surface area (Å²) in [7, 11) is 0. The van der Waals surface area contributed by atoms with Crippen LogP contribution in [0.3, 0.4) is 0 Å². The van der Waals surface area contributed by atoms with Crippen LogP contribution in [0.15, 0.2) is 282 Å². The van der Waals surface area contributed by atoms with Crippen LogP contribution in [-0.4, -0.2) is 0 Å². The average Bonchev–Trinajstić information content (AvgIpc) is 1.58. The minimum absolute atomic E-state index is 0.392. The maximum Gasteiger partial charge on any atom is 0.159 e. The lowest BCUT2D eigenvalue weighted by Crippen LogP contribution is -2.29. The smallest absolute Gasteiger partial charge is 0.159 e. The molecule has 404 valence electrons. The summed E-state index contributed by atoms with van der Waals surface area (Å²) >= 11 is 0. The zero-order chi connectivity index (χ0) is 56.8. The van der Waals surface area contributed by atoms with Gasteiger partial charge in [0, 0.05) is 44.3 Å². The summed E-state index contributed by atoms with van der Waals surface area (Å²) in [5.41, 5.74) is 18.3. The third-order valence-corrected chi connectivity index (χ3v) is 17.7. The van der Waals surface area contributed by atoms with Crippen molar-refractivity contribution in [3.63, 3.8) is 0 Å². The molecular formula is C80H62N2O2. The third kappa shape index (κ3) is 7.88. The highest BCUT2D eigenvalue weighted by molar-refractivity contribution is 6.21. The number of fused-ring (bicyclic) bond motifs is 15. The molecule has 15 rings (SSSR count). The molecule has 4 heteroatoms. The molecule has 2 aromatic heterocycles. The Morgan fingerprint density at radius 1 is 0.429 bits per heavy atom. The average molecular weight is 1080 g/mol. The number of hydrogen-bond donors (Lipinski definition) is 0. The summed E-state index contributed by atoms with van der Waals surface area (Å²) < 4.78 is 13.6. The lowest BCUT2D eigenvalue weighted by atomic mass is 9.66. The molecule has 1 atom stereocenters. The number of hydrogen-bond acceptors (Lipinski definition) is 4. The van der Waals surface area contributed by atoms with Crippen molar-refractivity contribution < 1.29 is 8.83 Å². The van der Waals surface area contributed by atoms with E-state index in [9.17, 15) is 0 Å². The predicted octanol–water partition coefficient (Wildman–Crippen LogP) is 23.1. The van der Waals surface area contributed by atoms with Crippen LogP contribution in [-0.2, 0) is 5.41 Å². The van der Waals surface area contributed by atoms with E-state index < -0.39 is 5.41 Å². The standard InChI is InChI=1S/C80H62N2O2/c1-7-8-10-21-52(6)80(57-22-11-9-12-23-57)71-48-56-46-60(81(58-39-34-53(35-40-58)50(2)3)72-30-19-28-67-63-25-15-17-32-74(63)83-78(67)72)43-38-55(56)47-70(71)76-65-27-14-13-24-62(65)69-49-61(44-45-66(69)77(76)80)82(59-41-36-54(37-42-59)51(4)5)73-31-20-29-68-64-26-16-18-33-75(64)84-79(68)73/h7-51H,6H2,1-5H3/b8-7-,21-10-. The van der Waals surface area contributed by atoms with Crippen molar-refractivity contribution in [2.45, 2.75) is 51.9 Å². The maximum absolute atomic E-state index is 6.84. The Morgan fingerprint density at radius 3 is 1.52 bits per heavy atom. The summed E-state index contributed by atoms with van der Waals surface area (Å²) in [4.78, 5) is 4.75. The van der Waals surface area contributed by atoms with Crippen LogP contribution >= 0.6 is 0 Å². The molecule has 1 aliphatic rings. The molecule has 4 nitrogen and oxygen atoms in total. The van der Waals surface area contributed by atoms with Crippen LogP contribution in [0.25, 0.3) is 87.3 Å². The largest absolute Gasteiger partial charge is 0.454 e. The van der Waals surface area contributed by atoms with Crippen LogP contribution < -0.4 is 9.80 Å². The molecule has 0 spiro atoms. The molecule has 12 aromatic carbocycles. The fraction of sp³-hybridized carbons (Fsp3) is 0.100. The van der Waals surface area contributed by atoms with Gasteiger partial charge >= 0.3 is 0 Å². The first-order valence-electron chi connectivity index (χ1n) is 29.4. The molecule has 0 radical (unpaired) electrons. The zero-order valence-electron chi connectivity index (χ0n) is 47.9. The van der Waals surface area contributed by atoms with Crippen molar-refractivity contribution in [3.05, 3.63) is 301 Å². The first-order chi connectivity index (χ1) is 41.2. The highest BCUT2D eigenvalue weighted by Crippen LogP contribution is 2.62. The molecule has 2 heterocycles. The highest BCUT2D eigenvalue weighted by atomic mass is 16.3. The van der Waals surface area contributed by atoms with Gasteiger partial charge in [-0.2, -0.15) is 0 Å². The van der Waals surface area contributed by atoms with Gasteiger partial charge in [-0.25, -0.2) is 0 Å². The second-order valence-corrected chi connectivity index (χ2v) is 23.1. The van der Waals surface area contributed by atoms with Gasteiger partial charge in [-0.05, 0) is 181 Å². The number of rotatable bonds is 12. The SMILES string of the molecule is C=C(/C=C\C=C/C)C1(c2ccccc2)c2cc3cc(N(c4ccc(C(C)C)cc4)c4cccc5c4oc4ccccc45)ccc3cc2-c2c1c1ccc(N(c3ccc(C(C)C)cc3)c3cccc4c3oc3ccccc34)cc1c1ccccc21. The van der Waals surface area contributed by atoms with E-state index >= 15 is 0 Å². The number of benzene rings is 12. The predicted molar refractivity (Wildman–Crippen MR) is 356 cm³/mol. The quantitative estimate of drug-likeness (QED) is 0.0902. The van der Waals surface area contributed by atoms with Gasteiger partial charge in [0.1, 0.15) is 11.2 Å². The van der Waals surface area contributed by atoms with Crippen molar-refractivity contribution in [1.29, 1.82) is 0 Å². The van der Waals surface area contributed by atoms with Gasteiger partial charge in [0.15, 0.2) is 11.2 Å². The van der Waals surface area contributed by atoms with Gasteiger partial charge in [-0.3, -0.25) is 0 Å². The molecule has 0 amide bonds. The molecule has 14 aromatic rings. The Labute approximate surface area is 490 Å². The Hall–Kier alpha value is -10.2. The Balaban J connectivity index is 0.995. The zero-order valence-corrected chi connectivity index (χ0v) is 47.9. The third-order valence-electron chi connectivity index (χ3n) is 17.7. The molecule has 1 unspecified atom stereocenters. The van der Waals surface area contributed by atoms with Gasteiger partial charge in [0.05, 0.1) is 16.8 Å². The first-order valence-corrected chi connectivity index (χ1v) is 29.4. The van der Waals surface area contributed by atoms with E-state index in [1.165, 1.54) is 49.5 Å². The van der Waals surface area contributed by atoms with Gasteiger partial charge in [0.25, 0.3) is 0 Å². The monoisotopic (exact) mass is 1080 g/mol. The van der Waals surface area contributed by atoms with E-state index in [1.54, 1.807) is 0 Å². The minimum atomic E-state index is -0.823. The van der Waals surface area contributed by atoms with Gasteiger partial charge in [0.2, 0.25) is 0 Å². The lowest BCUT2D eigenvalue weighted by Gasteiger charge is -2.35. The second-order valence-electron chi connectivity index (χ2n) is 23.1. The molecule has 0 bridgehead atoms. The maximum atomic E-state index is 6.84. The minimum Gasteiger partial charge on any atom is -0.454 e. The van der Waals surface area contributed by atoms with E-state index in [0.717, 1.165) is 105 Å². The van der Waals surface area contributed by atoms with E-state index in [1.807, 2.05) is 12.1 Å². The van der Waals surface area contributed by atoms with Crippen LogP contribution in [0.2, 0.25) is 0 Å². The molecule has 0 aliphatic heterocycles. The van der Waals surface area contributed by atoms with Crippen LogP contribution in [0.1, 0.15) is 74.3 Å². The van der Waals surface area contributed by atoms with Crippen molar-refractivity contribution in [2.24, 2.45) is 0 Å². The number of anilines is 6. The molecule has 0 saturated carbocycles. The first kappa shape index (κ1) is 50.8. The number of nitrogens with zero attached hydrogens (tertiary/aromatic N) is 2. The second kappa shape index (κ2) is 20.1. The van der Waals surface area contributed by atoms with E-state index in [-0.39, 0.29) is 0 Å². The number of furan rings is 2. The molecule has 0 N–H and O–H groups in total. The molecule has 0 saturated heterocycles. The van der Waals surface area contributed by atoms with Crippen LogP contribution in [0.5, 0.6) is 0 Å². The van der Waals surface area contributed by atoms with Crippen molar-refractivity contribution >= 4 is 110 Å². The normalized spacial score (nSPS) is 14.2. The Morgan fingerprint density at radius 2 is 0.940 bits per heavy atom. The Bertz CT molecular complexity index is 5000. The van der Waals surface area contributed by atoms with E-state index in [4.69, 9.17) is 15.4 Å². The number of allylic oxidation sites excluding steroid dienone is 5. The fourth-order valence-electron chi connectivity index (χ4n) is 13.7. The molecule has 84 heavy (non-hydrogen) atoms. The summed E-state index contributed by atoms with van der Waals surface area (Å²) in [5, 5.41) is 11.4. The van der Waals surface area contributed by atoms with Gasteiger partial charge in [-0.1, -0.05) is 210 Å². The van der Waals surface area contributed by atoms with Gasteiger partial charge in [-0.15, -0.1) is 0 Å². The molecule has 1 aliphatic carbocycles. The lowest BCUT2D eigenvalue weighted by molar-refractivity contribution is 0.668. The Kier molecular flexibility index (Phi) is 12.1. The van der Waals surface area contributed by atoms with E-state index in [2.05, 4.69) is 293 Å². The van der Waals surface area contributed by atoms with Crippen LogP contribution in [0.4, 0.5) is 34.1 Å². The van der Waals surface area contributed by atoms with E-state index in [0.29, 0.717) is 11.8 Å². The molecular weight excluding hydrogens is 1020 g/mol. The summed E-state index contributed by atoms with van der Waals surface area (Å²) in [6.45, 7) is 16.2. The summed E-state index contributed by atoms with van der Waals surface area (Å²) in [6.07, 6.45) is 8.56. The highest BCUT2D eigenvalue weighted by Gasteiger charge is 2.48. The number of para-hydroxylation sites is 4. The van der Waals surface area contributed by atoms with Crippen LogP contribution in [0, 0.1) is 0 Å². The molecule has 0 fully saturated rings. The summed E-state index contributed by atoms with van der Waals surface area (Å²) in [5.74, 6) is 0.788. The van der Waals surface area contributed by atoms with Crippen molar-refractivity contribution in [1.82, 2.24) is 0 Å². The van der Waals surface area contributed by atoms with Crippen molar-refractivity contribution in [2.75, 3.05) is 9.80 Å². The topological polar surface area (TPSA) is 32.8 Å². The fourth-order valence-corrected chi connectivity index (χ4v) is 13.7.